The van der Waals surface area contributed by atoms with Gasteiger partial charge in [0.2, 0.25) is 0 Å². The molecule has 2 unspecified atom stereocenters. The van der Waals surface area contributed by atoms with Crippen molar-refractivity contribution in [1.82, 2.24) is 10.6 Å². The SMILES string of the molecule is COc1cccc(CNC(=O)NC(C(=O)O)C(C)O)c1. The smallest absolute Gasteiger partial charge is 0.328 e. The molecule has 20 heavy (non-hydrogen) atoms. The van der Waals surface area contributed by atoms with Crippen LogP contribution in [0.15, 0.2) is 24.3 Å². The molecule has 7 heteroatoms. The molecule has 0 aliphatic carbocycles. The maximum atomic E-state index is 11.6. The number of carbonyl (C=O) groups is 2. The summed E-state index contributed by atoms with van der Waals surface area (Å²) in [5.41, 5.74) is 0.809. The maximum Gasteiger partial charge on any atom is 0.328 e. The molecular weight excluding hydrogens is 264 g/mol. The average Bonchev–Trinajstić information content (AvgIpc) is 2.42. The lowest BCUT2D eigenvalue weighted by Crippen LogP contribution is -2.50. The number of carboxylic acids is 1. The first-order valence-electron chi connectivity index (χ1n) is 6.02. The van der Waals surface area contributed by atoms with Crippen molar-refractivity contribution >= 4 is 12.0 Å². The number of benzene rings is 1. The topological polar surface area (TPSA) is 108 Å². The molecule has 0 aliphatic rings. The van der Waals surface area contributed by atoms with Crippen LogP contribution in [-0.4, -0.2) is 41.5 Å². The number of ether oxygens (including phenoxy) is 1. The van der Waals surface area contributed by atoms with E-state index in [1.165, 1.54) is 6.92 Å². The molecule has 0 saturated carbocycles. The molecule has 7 nitrogen and oxygen atoms in total. The minimum Gasteiger partial charge on any atom is -0.497 e. The van der Waals surface area contributed by atoms with Crippen LogP contribution in [0.3, 0.4) is 0 Å². The van der Waals surface area contributed by atoms with Gasteiger partial charge in [-0.3, -0.25) is 0 Å². The number of aliphatic hydroxyl groups is 1. The van der Waals surface area contributed by atoms with Gasteiger partial charge in [-0.25, -0.2) is 9.59 Å². The average molecular weight is 282 g/mol. The summed E-state index contributed by atoms with van der Waals surface area (Å²) in [6.07, 6.45) is -1.19. The van der Waals surface area contributed by atoms with E-state index in [2.05, 4.69) is 10.6 Å². The molecular formula is C13H18N2O5. The van der Waals surface area contributed by atoms with Crippen LogP contribution in [0.4, 0.5) is 4.79 Å². The predicted molar refractivity (Wildman–Crippen MR) is 71.5 cm³/mol. The van der Waals surface area contributed by atoms with E-state index < -0.39 is 24.1 Å². The summed E-state index contributed by atoms with van der Waals surface area (Å²) in [4.78, 5) is 22.4. The van der Waals surface area contributed by atoms with Gasteiger partial charge in [0.25, 0.3) is 0 Å². The Labute approximate surface area is 116 Å². The summed E-state index contributed by atoms with van der Waals surface area (Å²) < 4.78 is 5.05. The van der Waals surface area contributed by atoms with E-state index in [-0.39, 0.29) is 6.54 Å². The van der Waals surface area contributed by atoms with Crippen LogP contribution in [0.25, 0.3) is 0 Å². The van der Waals surface area contributed by atoms with Gasteiger partial charge in [-0.05, 0) is 24.6 Å². The summed E-state index contributed by atoms with van der Waals surface area (Å²) in [5, 5.41) is 22.8. The Morgan fingerprint density at radius 3 is 2.65 bits per heavy atom. The first kappa shape index (κ1) is 15.8. The van der Waals surface area contributed by atoms with Crippen LogP contribution in [0.5, 0.6) is 5.75 Å². The third-order valence-electron chi connectivity index (χ3n) is 2.62. The van der Waals surface area contributed by atoms with Gasteiger partial charge >= 0.3 is 12.0 Å². The number of carboxylic acid groups (broad SMARTS) is 1. The van der Waals surface area contributed by atoms with E-state index >= 15 is 0 Å². The summed E-state index contributed by atoms with van der Waals surface area (Å²) >= 11 is 0. The Morgan fingerprint density at radius 2 is 2.10 bits per heavy atom. The summed E-state index contributed by atoms with van der Waals surface area (Å²) in [5.74, 6) is -0.631. The highest BCUT2D eigenvalue weighted by atomic mass is 16.5. The number of hydrogen-bond acceptors (Lipinski definition) is 4. The molecule has 1 aromatic rings. The Hall–Kier alpha value is -2.28. The molecule has 2 atom stereocenters. The molecule has 1 aromatic carbocycles. The van der Waals surface area contributed by atoms with Gasteiger partial charge in [0.15, 0.2) is 6.04 Å². The zero-order valence-electron chi connectivity index (χ0n) is 11.3. The number of hydrogen-bond donors (Lipinski definition) is 4. The van der Waals surface area contributed by atoms with Gasteiger partial charge in [0.1, 0.15) is 5.75 Å². The number of aliphatic carboxylic acids is 1. The number of urea groups is 1. The maximum absolute atomic E-state index is 11.6. The van der Waals surface area contributed by atoms with Crippen molar-refractivity contribution in [3.8, 4) is 5.75 Å². The quantitative estimate of drug-likeness (QED) is 0.601. The van der Waals surface area contributed by atoms with Crippen molar-refractivity contribution in [3.63, 3.8) is 0 Å². The Kier molecular flexibility index (Phi) is 5.79. The molecule has 0 heterocycles. The minimum absolute atomic E-state index is 0.217. The van der Waals surface area contributed by atoms with E-state index in [0.717, 1.165) is 5.56 Å². The third-order valence-corrected chi connectivity index (χ3v) is 2.62. The molecule has 0 saturated heterocycles. The first-order valence-corrected chi connectivity index (χ1v) is 6.02. The van der Waals surface area contributed by atoms with Gasteiger partial charge in [0, 0.05) is 6.54 Å². The molecule has 2 amide bonds. The van der Waals surface area contributed by atoms with Crippen molar-refractivity contribution < 1.29 is 24.5 Å². The van der Waals surface area contributed by atoms with Crippen LogP contribution in [-0.2, 0) is 11.3 Å². The Bertz CT molecular complexity index is 476. The van der Waals surface area contributed by atoms with Crippen molar-refractivity contribution in [2.24, 2.45) is 0 Å². The predicted octanol–water partition coefficient (Wildman–Crippen LogP) is 0.328. The Balaban J connectivity index is 2.52. The molecule has 0 spiro atoms. The van der Waals surface area contributed by atoms with Crippen molar-refractivity contribution in [3.05, 3.63) is 29.8 Å². The van der Waals surface area contributed by atoms with Crippen LogP contribution >= 0.6 is 0 Å². The lowest BCUT2D eigenvalue weighted by atomic mass is 10.2. The summed E-state index contributed by atoms with van der Waals surface area (Å²) in [7, 11) is 1.54. The summed E-state index contributed by atoms with van der Waals surface area (Å²) in [6.45, 7) is 1.51. The molecule has 0 aliphatic heterocycles. The highest BCUT2D eigenvalue weighted by Crippen LogP contribution is 2.12. The first-order chi connectivity index (χ1) is 9.43. The highest BCUT2D eigenvalue weighted by Gasteiger charge is 2.24. The second-order valence-electron chi connectivity index (χ2n) is 4.24. The number of methoxy groups -OCH3 is 1. The summed E-state index contributed by atoms with van der Waals surface area (Å²) in [6, 6.07) is 5.10. The fourth-order valence-corrected chi connectivity index (χ4v) is 1.55. The van der Waals surface area contributed by atoms with Crippen LogP contribution in [0.2, 0.25) is 0 Å². The van der Waals surface area contributed by atoms with Crippen LogP contribution < -0.4 is 15.4 Å². The zero-order valence-corrected chi connectivity index (χ0v) is 11.3. The molecule has 1 rings (SSSR count). The molecule has 0 bridgehead atoms. The van der Waals surface area contributed by atoms with Crippen LogP contribution in [0.1, 0.15) is 12.5 Å². The lowest BCUT2D eigenvalue weighted by molar-refractivity contribution is -0.141. The fraction of sp³-hybridized carbons (Fsp3) is 0.385. The third kappa shape index (κ3) is 4.77. The van der Waals surface area contributed by atoms with E-state index in [9.17, 15) is 14.7 Å². The fourth-order valence-electron chi connectivity index (χ4n) is 1.55. The Morgan fingerprint density at radius 1 is 1.40 bits per heavy atom. The highest BCUT2D eigenvalue weighted by molar-refractivity contribution is 5.82. The second kappa shape index (κ2) is 7.34. The van der Waals surface area contributed by atoms with Crippen molar-refractivity contribution in [2.75, 3.05) is 7.11 Å². The normalized spacial score (nSPS) is 13.2. The van der Waals surface area contributed by atoms with Crippen molar-refractivity contribution in [1.29, 1.82) is 0 Å². The minimum atomic E-state index is -1.35. The largest absolute Gasteiger partial charge is 0.497 e. The number of nitrogens with one attached hydrogen (secondary N) is 2. The number of rotatable bonds is 6. The standard InChI is InChI=1S/C13H18N2O5/c1-8(16)11(12(17)18)15-13(19)14-7-9-4-3-5-10(6-9)20-2/h3-6,8,11,16H,7H2,1-2H3,(H,17,18)(H2,14,15,19). The van der Waals surface area contributed by atoms with E-state index in [1.54, 1.807) is 31.4 Å². The van der Waals surface area contributed by atoms with E-state index in [1.807, 2.05) is 0 Å². The molecule has 0 aromatic heterocycles. The number of carbonyl (C=O) groups excluding carboxylic acids is 1. The zero-order chi connectivity index (χ0) is 15.1. The molecule has 0 fully saturated rings. The van der Waals surface area contributed by atoms with Gasteiger partial charge < -0.3 is 25.6 Å². The molecule has 110 valence electrons. The van der Waals surface area contributed by atoms with Crippen molar-refractivity contribution in [2.45, 2.75) is 25.6 Å². The van der Waals surface area contributed by atoms with Gasteiger partial charge in [-0.15, -0.1) is 0 Å². The number of amides is 2. The molecule has 4 N–H and O–H groups in total. The van der Waals surface area contributed by atoms with Gasteiger partial charge in [-0.2, -0.15) is 0 Å². The monoisotopic (exact) mass is 282 g/mol. The van der Waals surface area contributed by atoms with Gasteiger partial charge in [-0.1, -0.05) is 12.1 Å². The van der Waals surface area contributed by atoms with Gasteiger partial charge in [0.05, 0.1) is 13.2 Å². The number of aliphatic hydroxyl groups excluding tert-OH is 1. The molecule has 0 radical (unpaired) electrons. The van der Waals surface area contributed by atoms with E-state index in [0.29, 0.717) is 5.75 Å². The second-order valence-corrected chi connectivity index (χ2v) is 4.24. The van der Waals surface area contributed by atoms with E-state index in [4.69, 9.17) is 9.84 Å². The lowest BCUT2D eigenvalue weighted by Gasteiger charge is -2.17. The van der Waals surface area contributed by atoms with Crippen LogP contribution in [0, 0.1) is 0 Å².